The molecule has 2 aromatic rings. The molecule has 1 unspecified atom stereocenters. The number of benzene rings is 2. The van der Waals surface area contributed by atoms with Crippen LogP contribution in [-0.4, -0.2) is 32.2 Å². The van der Waals surface area contributed by atoms with Crippen LogP contribution in [0.3, 0.4) is 0 Å². The summed E-state index contributed by atoms with van der Waals surface area (Å²) in [6, 6.07) is 8.99. The van der Waals surface area contributed by atoms with Crippen molar-refractivity contribution in [2.75, 3.05) is 30.4 Å². The largest absolute Gasteiger partial charge is 0.337 e. The number of hydrogen-bond donors (Lipinski definition) is 2. The molecule has 3 atom stereocenters. The number of nitrogens with zero attached hydrogens (tertiary/aromatic N) is 1. The fourth-order valence-corrected chi connectivity index (χ4v) is 4.23. The topological polar surface area (TPSA) is 36.8 Å². The Hall–Kier alpha value is -2.47. The van der Waals surface area contributed by atoms with E-state index in [1.54, 1.807) is 4.90 Å². The van der Waals surface area contributed by atoms with Crippen LogP contribution in [0.15, 0.2) is 36.4 Å². The van der Waals surface area contributed by atoms with Crippen molar-refractivity contribution < 1.29 is 18.5 Å². The van der Waals surface area contributed by atoms with Crippen LogP contribution in [0.1, 0.15) is 23.5 Å². The lowest BCUT2D eigenvalue weighted by Crippen LogP contribution is -3.11. The first-order chi connectivity index (χ1) is 12.4. The van der Waals surface area contributed by atoms with Crippen LogP contribution >= 0.6 is 0 Å². The van der Waals surface area contributed by atoms with Gasteiger partial charge in [-0.15, -0.1) is 0 Å². The summed E-state index contributed by atoms with van der Waals surface area (Å²) in [5, 5.41) is 2.62. The number of carbonyl (C=O) groups is 1. The second kappa shape index (κ2) is 6.36. The molecule has 4 rings (SSSR count). The van der Waals surface area contributed by atoms with Crippen molar-refractivity contribution >= 4 is 17.4 Å². The van der Waals surface area contributed by atoms with Gasteiger partial charge in [0.15, 0.2) is 0 Å². The number of likely N-dealkylation sites (tertiary alicyclic amines) is 1. The molecule has 2 amide bonds. The molecule has 0 radical (unpaired) electrons. The Morgan fingerprint density at radius 2 is 2.04 bits per heavy atom. The molecule has 0 aromatic heterocycles. The molecule has 1 saturated heterocycles. The zero-order valence-electron chi connectivity index (χ0n) is 14.9. The highest BCUT2D eigenvalue weighted by Crippen LogP contribution is 2.43. The summed E-state index contributed by atoms with van der Waals surface area (Å²) in [6.45, 7) is 4.00. The van der Waals surface area contributed by atoms with E-state index in [-0.39, 0.29) is 23.7 Å². The van der Waals surface area contributed by atoms with Gasteiger partial charge in [-0.25, -0.2) is 13.6 Å². The van der Waals surface area contributed by atoms with Gasteiger partial charge in [0, 0.05) is 18.2 Å². The number of halogens is 2. The first kappa shape index (κ1) is 17.0. The SMILES string of the molecule is Cc1ccc2c(c1)[C@@H]1C[NH+](C)CC[C@H]1N2C(=O)Nc1ccc(F)cc1F. The lowest BCUT2D eigenvalue weighted by molar-refractivity contribution is -0.886. The molecule has 2 heterocycles. The normalized spacial score (nSPS) is 24.2. The molecule has 2 aliphatic heterocycles. The van der Waals surface area contributed by atoms with Crippen LogP contribution < -0.4 is 15.1 Å². The molecule has 0 bridgehead atoms. The van der Waals surface area contributed by atoms with Crippen molar-refractivity contribution in [1.29, 1.82) is 0 Å². The predicted octanol–water partition coefficient (Wildman–Crippen LogP) is 2.70. The number of likely N-dealkylation sites (N-methyl/N-ethyl adjacent to an activating group) is 1. The third kappa shape index (κ3) is 2.84. The summed E-state index contributed by atoms with van der Waals surface area (Å²) >= 11 is 0. The van der Waals surface area contributed by atoms with Crippen molar-refractivity contribution in [2.24, 2.45) is 0 Å². The number of quaternary nitrogens is 1. The number of piperidine rings is 1. The van der Waals surface area contributed by atoms with Crippen LogP contribution in [0.25, 0.3) is 0 Å². The molecular formula is C20H22F2N3O+. The van der Waals surface area contributed by atoms with Crippen LogP contribution in [0.4, 0.5) is 25.0 Å². The Bertz CT molecular complexity index is 870. The van der Waals surface area contributed by atoms with E-state index in [0.717, 1.165) is 42.9 Å². The van der Waals surface area contributed by atoms with E-state index >= 15 is 0 Å². The maximum Gasteiger partial charge on any atom is 0.326 e. The average Bonchev–Trinajstić information content (AvgIpc) is 2.90. The van der Waals surface area contributed by atoms with Crippen molar-refractivity contribution in [2.45, 2.75) is 25.3 Å². The second-order valence-corrected chi connectivity index (χ2v) is 7.36. The van der Waals surface area contributed by atoms with Crippen LogP contribution in [-0.2, 0) is 0 Å². The fourth-order valence-electron chi connectivity index (χ4n) is 4.23. The highest BCUT2D eigenvalue weighted by molar-refractivity contribution is 6.04. The van der Waals surface area contributed by atoms with Crippen LogP contribution in [0, 0.1) is 18.6 Å². The summed E-state index contributed by atoms with van der Waals surface area (Å²) in [6.07, 6.45) is 0.892. The van der Waals surface area contributed by atoms with Gasteiger partial charge in [-0.3, -0.25) is 4.90 Å². The summed E-state index contributed by atoms with van der Waals surface area (Å²) in [5.41, 5.74) is 3.23. The molecule has 2 aromatic carbocycles. The third-order valence-electron chi connectivity index (χ3n) is 5.46. The molecule has 0 aliphatic carbocycles. The minimum atomic E-state index is -0.772. The quantitative estimate of drug-likeness (QED) is 0.808. The van der Waals surface area contributed by atoms with Crippen molar-refractivity contribution in [3.05, 3.63) is 59.2 Å². The second-order valence-electron chi connectivity index (χ2n) is 7.36. The number of carbonyl (C=O) groups excluding carboxylic acids is 1. The number of fused-ring (bicyclic) bond motifs is 3. The van der Waals surface area contributed by atoms with E-state index in [1.807, 2.05) is 19.1 Å². The average molecular weight is 358 g/mol. The molecule has 6 heteroatoms. The number of anilines is 2. The zero-order valence-corrected chi connectivity index (χ0v) is 14.9. The van der Waals surface area contributed by atoms with Gasteiger partial charge in [0.25, 0.3) is 0 Å². The Morgan fingerprint density at radius 3 is 2.81 bits per heavy atom. The van der Waals surface area contributed by atoms with Gasteiger partial charge >= 0.3 is 6.03 Å². The first-order valence-corrected chi connectivity index (χ1v) is 8.91. The van der Waals surface area contributed by atoms with Crippen molar-refractivity contribution in [3.63, 3.8) is 0 Å². The first-order valence-electron chi connectivity index (χ1n) is 8.91. The third-order valence-corrected chi connectivity index (χ3v) is 5.46. The number of nitrogens with one attached hydrogen (secondary N) is 2. The molecule has 2 N–H and O–H groups in total. The number of urea groups is 1. The van der Waals surface area contributed by atoms with E-state index in [4.69, 9.17) is 0 Å². The standard InChI is InChI=1S/C20H21F2N3O/c1-12-3-6-18-14(9-12)15-11-24(2)8-7-19(15)25(18)20(26)23-17-5-4-13(21)10-16(17)22/h3-6,9-10,15,19H,7-8,11H2,1-2H3,(H,23,26)/p+1/t15-,19+/m0/s1. The highest BCUT2D eigenvalue weighted by Gasteiger charge is 2.45. The Labute approximate surface area is 151 Å². The van der Waals surface area contributed by atoms with Gasteiger partial charge in [0.05, 0.1) is 37.8 Å². The molecule has 4 nitrogen and oxygen atoms in total. The fraction of sp³-hybridized carbons (Fsp3) is 0.350. The minimum Gasteiger partial charge on any atom is -0.337 e. The molecule has 136 valence electrons. The lowest BCUT2D eigenvalue weighted by atomic mass is 9.89. The van der Waals surface area contributed by atoms with Crippen molar-refractivity contribution in [1.82, 2.24) is 0 Å². The summed E-state index contributed by atoms with van der Waals surface area (Å²) in [5.74, 6) is -1.16. The van der Waals surface area contributed by atoms with E-state index in [0.29, 0.717) is 0 Å². The van der Waals surface area contributed by atoms with E-state index < -0.39 is 11.6 Å². The molecule has 2 aliphatic rings. The predicted molar refractivity (Wildman–Crippen MR) is 96.8 cm³/mol. The van der Waals surface area contributed by atoms with Gasteiger partial charge in [-0.05, 0) is 30.7 Å². The number of rotatable bonds is 1. The Kier molecular flexibility index (Phi) is 4.15. The summed E-state index contributed by atoms with van der Waals surface area (Å²) in [4.78, 5) is 16.2. The Morgan fingerprint density at radius 1 is 1.23 bits per heavy atom. The van der Waals surface area contributed by atoms with E-state index in [1.165, 1.54) is 16.5 Å². The highest BCUT2D eigenvalue weighted by atomic mass is 19.1. The molecule has 26 heavy (non-hydrogen) atoms. The van der Waals surface area contributed by atoms with Gasteiger partial charge in [-0.1, -0.05) is 17.7 Å². The molecule has 1 fully saturated rings. The maximum atomic E-state index is 14.0. The molecule has 0 spiro atoms. The molecule has 0 saturated carbocycles. The van der Waals surface area contributed by atoms with Gasteiger partial charge in [-0.2, -0.15) is 0 Å². The smallest absolute Gasteiger partial charge is 0.326 e. The number of aryl methyl sites for hydroxylation is 1. The maximum absolute atomic E-state index is 14.0. The van der Waals surface area contributed by atoms with E-state index in [2.05, 4.69) is 18.4 Å². The van der Waals surface area contributed by atoms with Gasteiger partial charge < -0.3 is 10.2 Å². The monoisotopic (exact) mass is 358 g/mol. The van der Waals surface area contributed by atoms with Gasteiger partial charge in [0.2, 0.25) is 0 Å². The van der Waals surface area contributed by atoms with Crippen molar-refractivity contribution in [3.8, 4) is 0 Å². The minimum absolute atomic E-state index is 0.00735. The number of hydrogen-bond acceptors (Lipinski definition) is 1. The van der Waals surface area contributed by atoms with Gasteiger partial charge in [0.1, 0.15) is 11.6 Å². The molecular weight excluding hydrogens is 336 g/mol. The van der Waals surface area contributed by atoms with Crippen LogP contribution in [0.2, 0.25) is 0 Å². The van der Waals surface area contributed by atoms with E-state index in [9.17, 15) is 13.6 Å². The lowest BCUT2D eigenvalue weighted by Gasteiger charge is -2.34. The van der Waals surface area contributed by atoms with Crippen LogP contribution in [0.5, 0.6) is 0 Å². The summed E-state index contributed by atoms with van der Waals surface area (Å²) < 4.78 is 27.1. The summed E-state index contributed by atoms with van der Waals surface area (Å²) in [7, 11) is 2.17. The number of amides is 2. The zero-order chi connectivity index (χ0) is 18.4. The Balaban J connectivity index is 1.68.